The van der Waals surface area contributed by atoms with Crippen molar-refractivity contribution in [1.82, 2.24) is 4.90 Å². The number of fused-ring (bicyclic) bond motifs is 3. The molecule has 92 valence electrons. The van der Waals surface area contributed by atoms with E-state index in [4.69, 9.17) is 4.74 Å². The predicted molar refractivity (Wildman–Crippen MR) is 60.1 cm³/mol. The highest BCUT2D eigenvalue weighted by Crippen LogP contribution is 2.35. The lowest BCUT2D eigenvalue weighted by Crippen LogP contribution is -2.56. The van der Waals surface area contributed by atoms with E-state index in [0.717, 1.165) is 12.8 Å². The van der Waals surface area contributed by atoms with E-state index in [-0.39, 0.29) is 24.2 Å². The van der Waals surface area contributed by atoms with Crippen molar-refractivity contribution < 1.29 is 14.6 Å². The van der Waals surface area contributed by atoms with Gasteiger partial charge in [0, 0.05) is 18.5 Å². The lowest BCUT2D eigenvalue weighted by molar-refractivity contribution is -0.0584. The molecule has 1 amide bonds. The highest BCUT2D eigenvalue weighted by molar-refractivity contribution is 5.69. The minimum Gasteiger partial charge on any atom is -0.444 e. The molecule has 3 aliphatic rings. The number of aliphatic hydroxyl groups is 1. The molecule has 1 aliphatic carbocycles. The van der Waals surface area contributed by atoms with Gasteiger partial charge in [-0.25, -0.2) is 4.79 Å². The summed E-state index contributed by atoms with van der Waals surface area (Å²) in [5.41, 5.74) is -0.438. The Kier molecular flexibility index (Phi) is 2.86. The van der Waals surface area contributed by atoms with Crippen LogP contribution < -0.4 is 0 Å². The minimum absolute atomic E-state index is 0.176. The van der Waals surface area contributed by atoms with Crippen LogP contribution in [0.4, 0.5) is 4.79 Å². The molecule has 0 spiro atoms. The number of piperidine rings is 2. The van der Waals surface area contributed by atoms with Gasteiger partial charge in [0.25, 0.3) is 0 Å². The fourth-order valence-electron chi connectivity index (χ4n) is 2.63. The Morgan fingerprint density at radius 2 is 2.06 bits per heavy atom. The van der Waals surface area contributed by atoms with E-state index in [0.29, 0.717) is 13.0 Å². The van der Waals surface area contributed by atoms with E-state index in [2.05, 4.69) is 0 Å². The van der Waals surface area contributed by atoms with Gasteiger partial charge >= 0.3 is 6.09 Å². The minimum atomic E-state index is -0.438. The number of amides is 1. The third-order valence-electron chi connectivity index (χ3n) is 3.43. The molecule has 0 radical (unpaired) electrons. The van der Waals surface area contributed by atoms with Crippen LogP contribution in [0.5, 0.6) is 0 Å². The Labute approximate surface area is 96.6 Å². The van der Waals surface area contributed by atoms with Crippen molar-refractivity contribution in [2.75, 3.05) is 6.54 Å². The summed E-state index contributed by atoms with van der Waals surface area (Å²) in [6, 6.07) is 0.176. The zero-order valence-electron chi connectivity index (χ0n) is 10.3. The SMILES string of the molecule is CC(C)(C)OC(=O)N1C[C@@H]2CC[C@H]1C[C@@H]2O. The molecule has 0 unspecified atom stereocenters. The second-order valence-corrected chi connectivity index (χ2v) is 5.93. The van der Waals surface area contributed by atoms with Crippen LogP contribution in [0.25, 0.3) is 0 Å². The van der Waals surface area contributed by atoms with Crippen LogP contribution in [0.15, 0.2) is 0 Å². The average molecular weight is 227 g/mol. The molecular weight excluding hydrogens is 206 g/mol. The van der Waals surface area contributed by atoms with Gasteiger partial charge in [0.1, 0.15) is 5.60 Å². The predicted octanol–water partition coefficient (Wildman–Crippen LogP) is 1.77. The molecule has 1 N–H and O–H groups in total. The van der Waals surface area contributed by atoms with Crippen LogP contribution >= 0.6 is 0 Å². The lowest BCUT2D eigenvalue weighted by atomic mass is 9.78. The first kappa shape index (κ1) is 11.7. The van der Waals surface area contributed by atoms with Crippen molar-refractivity contribution in [2.45, 2.75) is 57.8 Å². The number of rotatable bonds is 0. The first-order valence-corrected chi connectivity index (χ1v) is 6.04. The van der Waals surface area contributed by atoms with Crippen molar-refractivity contribution in [3.8, 4) is 0 Å². The molecule has 4 nitrogen and oxygen atoms in total. The quantitative estimate of drug-likeness (QED) is 0.686. The molecule has 3 fully saturated rings. The van der Waals surface area contributed by atoms with E-state index in [1.165, 1.54) is 0 Å². The molecule has 3 atom stereocenters. The summed E-state index contributed by atoms with van der Waals surface area (Å²) < 4.78 is 5.37. The molecular formula is C12H21NO3. The first-order valence-electron chi connectivity index (χ1n) is 6.04. The average Bonchev–Trinajstić information content (AvgIpc) is 2.15. The Hall–Kier alpha value is -0.770. The maximum absolute atomic E-state index is 11.9. The van der Waals surface area contributed by atoms with E-state index < -0.39 is 5.60 Å². The number of aliphatic hydroxyl groups excluding tert-OH is 1. The molecule has 2 aliphatic heterocycles. The summed E-state index contributed by atoms with van der Waals surface area (Å²) in [7, 11) is 0. The second-order valence-electron chi connectivity index (χ2n) is 5.93. The van der Waals surface area contributed by atoms with Crippen LogP contribution in [0.1, 0.15) is 40.0 Å². The molecule has 1 saturated carbocycles. The van der Waals surface area contributed by atoms with Gasteiger partial charge in [0.2, 0.25) is 0 Å². The molecule has 0 aromatic heterocycles. The Morgan fingerprint density at radius 1 is 1.38 bits per heavy atom. The van der Waals surface area contributed by atoms with E-state index in [1.807, 2.05) is 20.8 Å². The Balaban J connectivity index is 1.99. The zero-order chi connectivity index (χ0) is 11.9. The first-order chi connectivity index (χ1) is 7.37. The van der Waals surface area contributed by atoms with Crippen molar-refractivity contribution in [1.29, 1.82) is 0 Å². The fourth-order valence-corrected chi connectivity index (χ4v) is 2.63. The largest absolute Gasteiger partial charge is 0.444 e. The zero-order valence-corrected chi connectivity index (χ0v) is 10.3. The van der Waals surface area contributed by atoms with Gasteiger partial charge in [-0.2, -0.15) is 0 Å². The highest BCUT2D eigenvalue weighted by Gasteiger charge is 2.42. The highest BCUT2D eigenvalue weighted by atomic mass is 16.6. The van der Waals surface area contributed by atoms with Crippen molar-refractivity contribution in [3.63, 3.8) is 0 Å². The normalized spacial score (nSPS) is 34.0. The molecule has 2 bridgehead atoms. The Morgan fingerprint density at radius 3 is 2.50 bits per heavy atom. The van der Waals surface area contributed by atoms with Crippen LogP contribution in [0.2, 0.25) is 0 Å². The summed E-state index contributed by atoms with van der Waals surface area (Å²) in [6.45, 7) is 6.28. The monoisotopic (exact) mass is 227 g/mol. The standard InChI is InChI=1S/C12H21NO3/c1-12(2,3)16-11(15)13-7-8-4-5-9(13)6-10(8)14/h8-10,14H,4-7H2,1-3H3/t8-,9-,10-/m0/s1. The van der Waals surface area contributed by atoms with E-state index in [1.54, 1.807) is 4.90 Å². The van der Waals surface area contributed by atoms with E-state index >= 15 is 0 Å². The number of hydrogen-bond acceptors (Lipinski definition) is 3. The molecule has 0 aromatic carbocycles. The smallest absolute Gasteiger partial charge is 0.410 e. The number of carbonyl (C=O) groups excluding carboxylic acids is 1. The molecule has 16 heavy (non-hydrogen) atoms. The van der Waals surface area contributed by atoms with Gasteiger partial charge < -0.3 is 14.7 Å². The summed E-state index contributed by atoms with van der Waals surface area (Å²) >= 11 is 0. The third-order valence-corrected chi connectivity index (χ3v) is 3.43. The summed E-state index contributed by atoms with van der Waals surface area (Å²) in [6.07, 6.45) is 2.29. The molecule has 4 heteroatoms. The third kappa shape index (κ3) is 2.32. The van der Waals surface area contributed by atoms with Crippen LogP contribution in [0, 0.1) is 5.92 Å². The fraction of sp³-hybridized carbons (Fsp3) is 0.917. The summed E-state index contributed by atoms with van der Waals surface area (Å²) in [5, 5.41) is 9.75. The summed E-state index contributed by atoms with van der Waals surface area (Å²) in [4.78, 5) is 13.7. The van der Waals surface area contributed by atoms with Crippen molar-refractivity contribution >= 4 is 6.09 Å². The summed E-state index contributed by atoms with van der Waals surface area (Å²) in [5.74, 6) is 0.248. The van der Waals surface area contributed by atoms with E-state index in [9.17, 15) is 9.90 Å². The topological polar surface area (TPSA) is 49.8 Å². The Bertz CT molecular complexity index is 284. The molecule has 2 saturated heterocycles. The lowest BCUT2D eigenvalue weighted by Gasteiger charge is -2.47. The van der Waals surface area contributed by atoms with Gasteiger partial charge in [0.15, 0.2) is 0 Å². The van der Waals surface area contributed by atoms with Crippen molar-refractivity contribution in [2.24, 2.45) is 5.92 Å². The maximum atomic E-state index is 11.9. The molecule has 2 heterocycles. The van der Waals surface area contributed by atoms with Gasteiger partial charge in [-0.15, -0.1) is 0 Å². The van der Waals surface area contributed by atoms with Gasteiger partial charge in [-0.3, -0.25) is 0 Å². The number of carbonyl (C=O) groups is 1. The molecule has 3 rings (SSSR count). The number of ether oxygens (including phenoxy) is 1. The van der Waals surface area contributed by atoms with Gasteiger partial charge in [0.05, 0.1) is 6.10 Å². The molecule has 0 aromatic rings. The second kappa shape index (κ2) is 3.91. The number of hydrogen-bond donors (Lipinski definition) is 1. The van der Waals surface area contributed by atoms with Crippen LogP contribution in [-0.4, -0.2) is 40.4 Å². The number of nitrogens with zero attached hydrogens (tertiary/aromatic N) is 1. The maximum Gasteiger partial charge on any atom is 0.410 e. The van der Waals surface area contributed by atoms with Crippen molar-refractivity contribution in [3.05, 3.63) is 0 Å². The van der Waals surface area contributed by atoms with Gasteiger partial charge in [-0.05, 0) is 40.0 Å². The van der Waals surface area contributed by atoms with Crippen LogP contribution in [0.3, 0.4) is 0 Å². The van der Waals surface area contributed by atoms with Gasteiger partial charge in [-0.1, -0.05) is 0 Å². The van der Waals surface area contributed by atoms with Crippen LogP contribution in [-0.2, 0) is 4.74 Å².